The van der Waals surface area contributed by atoms with Crippen molar-refractivity contribution in [3.8, 4) is 0 Å². The van der Waals surface area contributed by atoms with Gasteiger partial charge in [-0.3, -0.25) is 4.98 Å². The monoisotopic (exact) mass is 238 g/mol. The lowest BCUT2D eigenvalue weighted by atomic mass is 9.84. The van der Waals surface area contributed by atoms with Gasteiger partial charge in [0, 0.05) is 12.2 Å². The van der Waals surface area contributed by atoms with E-state index in [2.05, 4.69) is 17.2 Å². The Labute approximate surface area is 102 Å². The lowest BCUT2D eigenvalue weighted by molar-refractivity contribution is 0.328. The second-order valence-corrected chi connectivity index (χ2v) is 5.09. The highest BCUT2D eigenvalue weighted by molar-refractivity contribution is 6.33. The predicted octanol–water partition coefficient (Wildman–Crippen LogP) is 4.12. The summed E-state index contributed by atoms with van der Waals surface area (Å²) < 4.78 is 0. The first-order valence-corrected chi connectivity index (χ1v) is 6.51. The molecule has 0 aliphatic heterocycles. The predicted molar refractivity (Wildman–Crippen MR) is 68.9 cm³/mol. The van der Waals surface area contributed by atoms with Crippen LogP contribution in [0.2, 0.25) is 5.02 Å². The smallest absolute Gasteiger partial charge is 0.0718 e. The molecule has 0 spiro atoms. The van der Waals surface area contributed by atoms with Crippen molar-refractivity contribution in [2.45, 2.75) is 45.1 Å². The summed E-state index contributed by atoms with van der Waals surface area (Å²) in [7, 11) is 0. The van der Waals surface area contributed by atoms with Gasteiger partial charge in [-0.15, -0.1) is 0 Å². The quantitative estimate of drug-likeness (QED) is 0.857. The maximum Gasteiger partial charge on any atom is 0.0718 e. The SMILES string of the molecule is CC(Nc1cnccc1Cl)C1CCCCC1. The Morgan fingerprint density at radius 3 is 2.81 bits per heavy atom. The van der Waals surface area contributed by atoms with Gasteiger partial charge in [0.2, 0.25) is 0 Å². The highest BCUT2D eigenvalue weighted by atomic mass is 35.5. The molecule has 2 rings (SSSR count). The van der Waals surface area contributed by atoms with Gasteiger partial charge in [0.1, 0.15) is 0 Å². The van der Waals surface area contributed by atoms with Gasteiger partial charge in [0.05, 0.1) is 16.9 Å². The average Bonchev–Trinajstić information content (AvgIpc) is 2.33. The minimum absolute atomic E-state index is 0.488. The van der Waals surface area contributed by atoms with Crippen LogP contribution in [0, 0.1) is 5.92 Å². The number of hydrogen-bond acceptors (Lipinski definition) is 2. The normalized spacial score (nSPS) is 19.4. The van der Waals surface area contributed by atoms with Crippen LogP contribution in [-0.4, -0.2) is 11.0 Å². The molecule has 1 aromatic rings. The Bertz CT molecular complexity index is 334. The van der Waals surface area contributed by atoms with E-state index in [9.17, 15) is 0 Å². The third-order valence-corrected chi connectivity index (χ3v) is 3.84. The maximum atomic E-state index is 6.10. The Balaban J connectivity index is 1.96. The van der Waals surface area contributed by atoms with E-state index in [0.29, 0.717) is 6.04 Å². The summed E-state index contributed by atoms with van der Waals surface area (Å²) in [4.78, 5) is 4.10. The molecule has 0 bridgehead atoms. The Morgan fingerprint density at radius 2 is 2.12 bits per heavy atom. The zero-order valence-electron chi connectivity index (χ0n) is 9.75. The number of hydrogen-bond donors (Lipinski definition) is 1. The summed E-state index contributed by atoms with van der Waals surface area (Å²) >= 11 is 6.10. The van der Waals surface area contributed by atoms with Crippen LogP contribution in [-0.2, 0) is 0 Å². The van der Waals surface area contributed by atoms with Crippen molar-refractivity contribution < 1.29 is 0 Å². The maximum absolute atomic E-state index is 6.10. The average molecular weight is 239 g/mol. The molecule has 1 aliphatic carbocycles. The van der Waals surface area contributed by atoms with Crippen molar-refractivity contribution >= 4 is 17.3 Å². The van der Waals surface area contributed by atoms with E-state index in [1.807, 2.05) is 12.3 Å². The van der Waals surface area contributed by atoms with E-state index < -0.39 is 0 Å². The van der Waals surface area contributed by atoms with Gasteiger partial charge >= 0.3 is 0 Å². The minimum atomic E-state index is 0.488. The number of halogens is 1. The standard InChI is InChI=1S/C13H19ClN2/c1-10(11-5-3-2-4-6-11)16-13-9-15-8-7-12(13)14/h7-11,16H,2-6H2,1H3. The van der Waals surface area contributed by atoms with Crippen molar-refractivity contribution in [1.29, 1.82) is 0 Å². The Kier molecular flexibility index (Phi) is 4.05. The first kappa shape index (κ1) is 11.7. The summed E-state index contributed by atoms with van der Waals surface area (Å²) in [6.45, 7) is 2.25. The number of nitrogens with one attached hydrogen (secondary N) is 1. The second kappa shape index (κ2) is 5.53. The molecule has 3 heteroatoms. The molecular weight excluding hydrogens is 220 g/mol. The zero-order chi connectivity index (χ0) is 11.4. The molecule has 1 atom stereocenters. The van der Waals surface area contributed by atoms with Crippen LogP contribution in [0.4, 0.5) is 5.69 Å². The van der Waals surface area contributed by atoms with E-state index >= 15 is 0 Å². The molecule has 0 radical (unpaired) electrons. The van der Waals surface area contributed by atoms with Crippen molar-refractivity contribution in [3.05, 3.63) is 23.5 Å². The van der Waals surface area contributed by atoms with Gasteiger partial charge in [0.15, 0.2) is 0 Å². The third kappa shape index (κ3) is 2.88. The fraction of sp³-hybridized carbons (Fsp3) is 0.615. The molecule has 2 nitrogen and oxygen atoms in total. The number of nitrogens with zero attached hydrogens (tertiary/aromatic N) is 1. The van der Waals surface area contributed by atoms with Crippen molar-refractivity contribution in [2.75, 3.05) is 5.32 Å². The summed E-state index contributed by atoms with van der Waals surface area (Å²) in [6, 6.07) is 2.32. The fourth-order valence-corrected chi connectivity index (χ4v) is 2.64. The van der Waals surface area contributed by atoms with Gasteiger partial charge in [-0.1, -0.05) is 30.9 Å². The van der Waals surface area contributed by atoms with Crippen LogP contribution in [0.3, 0.4) is 0 Å². The van der Waals surface area contributed by atoms with Gasteiger partial charge in [-0.05, 0) is 31.7 Å². The molecule has 0 aromatic carbocycles. The van der Waals surface area contributed by atoms with Gasteiger partial charge < -0.3 is 5.32 Å². The highest BCUT2D eigenvalue weighted by Gasteiger charge is 2.20. The van der Waals surface area contributed by atoms with Gasteiger partial charge in [-0.25, -0.2) is 0 Å². The van der Waals surface area contributed by atoms with E-state index in [1.54, 1.807) is 6.20 Å². The van der Waals surface area contributed by atoms with Crippen LogP contribution >= 0.6 is 11.6 Å². The van der Waals surface area contributed by atoms with Crippen molar-refractivity contribution in [3.63, 3.8) is 0 Å². The summed E-state index contributed by atoms with van der Waals surface area (Å²) in [6.07, 6.45) is 10.4. The molecule has 1 fully saturated rings. The lowest BCUT2D eigenvalue weighted by Gasteiger charge is -2.29. The molecule has 1 N–H and O–H groups in total. The van der Waals surface area contributed by atoms with E-state index in [0.717, 1.165) is 16.6 Å². The number of anilines is 1. The molecule has 0 amide bonds. The molecule has 1 aliphatic rings. The Morgan fingerprint density at radius 1 is 1.38 bits per heavy atom. The van der Waals surface area contributed by atoms with E-state index in [-0.39, 0.29) is 0 Å². The molecule has 0 saturated heterocycles. The van der Waals surface area contributed by atoms with Crippen LogP contribution in [0.25, 0.3) is 0 Å². The summed E-state index contributed by atoms with van der Waals surface area (Å²) in [5, 5.41) is 4.25. The topological polar surface area (TPSA) is 24.9 Å². The molecule has 1 unspecified atom stereocenters. The lowest BCUT2D eigenvalue weighted by Crippen LogP contribution is -2.27. The van der Waals surface area contributed by atoms with Gasteiger partial charge in [0.25, 0.3) is 0 Å². The molecule has 16 heavy (non-hydrogen) atoms. The van der Waals surface area contributed by atoms with Gasteiger partial charge in [-0.2, -0.15) is 0 Å². The van der Waals surface area contributed by atoms with E-state index in [1.165, 1.54) is 32.1 Å². The number of pyridine rings is 1. The van der Waals surface area contributed by atoms with Crippen molar-refractivity contribution in [2.24, 2.45) is 5.92 Å². The molecule has 1 aromatic heterocycles. The van der Waals surface area contributed by atoms with Crippen molar-refractivity contribution in [1.82, 2.24) is 4.98 Å². The number of aromatic nitrogens is 1. The molecule has 1 heterocycles. The summed E-state index contributed by atoms with van der Waals surface area (Å²) in [5.41, 5.74) is 0.960. The van der Waals surface area contributed by atoms with Crippen LogP contribution in [0.5, 0.6) is 0 Å². The first-order chi connectivity index (χ1) is 7.77. The molecule has 1 saturated carbocycles. The van der Waals surface area contributed by atoms with Crippen LogP contribution in [0.15, 0.2) is 18.5 Å². The largest absolute Gasteiger partial charge is 0.380 e. The highest BCUT2D eigenvalue weighted by Crippen LogP contribution is 2.29. The number of rotatable bonds is 3. The van der Waals surface area contributed by atoms with Crippen LogP contribution < -0.4 is 5.32 Å². The van der Waals surface area contributed by atoms with E-state index in [4.69, 9.17) is 11.6 Å². The molecular formula is C13H19ClN2. The summed E-state index contributed by atoms with van der Waals surface area (Å²) in [5.74, 6) is 0.782. The zero-order valence-corrected chi connectivity index (χ0v) is 10.5. The first-order valence-electron chi connectivity index (χ1n) is 6.13. The van der Waals surface area contributed by atoms with Crippen LogP contribution in [0.1, 0.15) is 39.0 Å². The molecule has 88 valence electrons. The minimum Gasteiger partial charge on any atom is -0.380 e. The second-order valence-electron chi connectivity index (χ2n) is 4.69. The Hall–Kier alpha value is -0.760. The fourth-order valence-electron chi connectivity index (χ4n) is 2.48. The third-order valence-electron chi connectivity index (χ3n) is 3.51.